The highest BCUT2D eigenvalue weighted by Gasteiger charge is 2.29. The lowest BCUT2D eigenvalue weighted by atomic mass is 10.0. The van der Waals surface area contributed by atoms with Crippen molar-refractivity contribution in [2.24, 2.45) is 0 Å². The Morgan fingerprint density at radius 1 is 1.40 bits per heavy atom. The van der Waals surface area contributed by atoms with Gasteiger partial charge in [0.1, 0.15) is 5.82 Å². The number of hydrogen-bond donors (Lipinski definition) is 2. The van der Waals surface area contributed by atoms with Gasteiger partial charge < -0.3 is 15.4 Å². The molecule has 1 aromatic rings. The SMILES string of the molecule is CC(C)NCCN[C@H]1CCO[C@@H]1c1ccc(Cl)c(F)c1. The molecular formula is C15H22ClFN2O. The molecule has 1 saturated heterocycles. The summed E-state index contributed by atoms with van der Waals surface area (Å²) in [4.78, 5) is 0. The van der Waals surface area contributed by atoms with Crippen LogP contribution < -0.4 is 10.6 Å². The van der Waals surface area contributed by atoms with Crippen molar-refractivity contribution >= 4 is 11.6 Å². The van der Waals surface area contributed by atoms with Crippen LogP contribution in [0.2, 0.25) is 5.02 Å². The Labute approximate surface area is 124 Å². The van der Waals surface area contributed by atoms with Crippen LogP contribution in [-0.2, 0) is 4.74 Å². The van der Waals surface area contributed by atoms with Gasteiger partial charge in [0.05, 0.1) is 11.1 Å². The van der Waals surface area contributed by atoms with Gasteiger partial charge in [-0.2, -0.15) is 0 Å². The van der Waals surface area contributed by atoms with Gasteiger partial charge in [0.25, 0.3) is 0 Å². The molecule has 2 N–H and O–H groups in total. The maximum absolute atomic E-state index is 13.5. The van der Waals surface area contributed by atoms with Gasteiger partial charge in [-0.25, -0.2) is 4.39 Å². The summed E-state index contributed by atoms with van der Waals surface area (Å²) in [5.74, 6) is -0.389. The van der Waals surface area contributed by atoms with E-state index < -0.39 is 0 Å². The van der Waals surface area contributed by atoms with E-state index in [9.17, 15) is 4.39 Å². The molecule has 0 aliphatic carbocycles. The molecule has 112 valence electrons. The number of benzene rings is 1. The van der Waals surface area contributed by atoms with Crippen LogP contribution in [0.15, 0.2) is 18.2 Å². The summed E-state index contributed by atoms with van der Waals surface area (Å²) in [5, 5.41) is 6.99. The Hall–Kier alpha value is -0.680. The largest absolute Gasteiger partial charge is 0.372 e. The van der Waals surface area contributed by atoms with Gasteiger partial charge >= 0.3 is 0 Å². The lowest BCUT2D eigenvalue weighted by Crippen LogP contribution is -2.38. The molecule has 1 aliphatic heterocycles. The van der Waals surface area contributed by atoms with Crippen LogP contribution in [0.25, 0.3) is 0 Å². The minimum Gasteiger partial charge on any atom is -0.372 e. The maximum atomic E-state index is 13.5. The fourth-order valence-corrected chi connectivity index (χ4v) is 2.55. The average Bonchev–Trinajstić information content (AvgIpc) is 2.86. The van der Waals surface area contributed by atoms with Crippen molar-refractivity contribution in [3.63, 3.8) is 0 Å². The Balaban J connectivity index is 1.91. The van der Waals surface area contributed by atoms with Crippen molar-refractivity contribution in [3.05, 3.63) is 34.6 Å². The second-order valence-electron chi connectivity index (χ2n) is 5.42. The van der Waals surface area contributed by atoms with Crippen LogP contribution in [0.5, 0.6) is 0 Å². The molecule has 5 heteroatoms. The third-order valence-electron chi connectivity index (χ3n) is 3.45. The van der Waals surface area contributed by atoms with Crippen molar-refractivity contribution in [2.45, 2.75) is 38.5 Å². The summed E-state index contributed by atoms with van der Waals surface area (Å²) in [6.07, 6.45) is 0.845. The Morgan fingerprint density at radius 2 is 2.20 bits per heavy atom. The standard InChI is InChI=1S/C15H22ClFN2O/c1-10(2)18-6-7-19-14-5-8-20-15(14)11-3-4-12(16)13(17)9-11/h3-4,9-10,14-15,18-19H,5-8H2,1-2H3/t14-,15+/m0/s1. The monoisotopic (exact) mass is 300 g/mol. The predicted molar refractivity (Wildman–Crippen MR) is 79.6 cm³/mol. The zero-order valence-corrected chi connectivity index (χ0v) is 12.7. The second kappa shape index (κ2) is 7.36. The minimum atomic E-state index is -0.389. The molecule has 0 unspecified atom stereocenters. The summed E-state index contributed by atoms with van der Waals surface area (Å²) in [6, 6.07) is 5.61. The number of rotatable bonds is 6. The first-order valence-corrected chi connectivity index (χ1v) is 7.49. The van der Waals surface area contributed by atoms with Crippen molar-refractivity contribution in [1.29, 1.82) is 0 Å². The van der Waals surface area contributed by atoms with E-state index in [4.69, 9.17) is 16.3 Å². The van der Waals surface area contributed by atoms with Gasteiger partial charge in [0.2, 0.25) is 0 Å². The molecule has 3 nitrogen and oxygen atoms in total. The summed E-state index contributed by atoms with van der Waals surface area (Å²) in [6.45, 7) is 6.73. The predicted octanol–water partition coefficient (Wildman–Crippen LogP) is 2.90. The summed E-state index contributed by atoms with van der Waals surface area (Å²) in [7, 11) is 0. The number of halogens is 2. The molecule has 1 aliphatic rings. The Bertz CT molecular complexity index is 442. The van der Waals surface area contributed by atoms with Crippen LogP contribution in [0.3, 0.4) is 0 Å². The van der Waals surface area contributed by atoms with E-state index >= 15 is 0 Å². The molecule has 1 heterocycles. The van der Waals surface area contributed by atoms with E-state index in [1.807, 2.05) is 6.07 Å². The molecule has 2 atom stereocenters. The van der Waals surface area contributed by atoms with E-state index in [1.54, 1.807) is 6.07 Å². The van der Waals surface area contributed by atoms with Crippen molar-refractivity contribution < 1.29 is 9.13 Å². The highest BCUT2D eigenvalue weighted by Crippen LogP contribution is 2.30. The quantitative estimate of drug-likeness (QED) is 0.793. The van der Waals surface area contributed by atoms with E-state index in [0.29, 0.717) is 12.6 Å². The highest BCUT2D eigenvalue weighted by atomic mass is 35.5. The van der Waals surface area contributed by atoms with E-state index in [0.717, 1.165) is 25.1 Å². The minimum absolute atomic E-state index is 0.0965. The summed E-state index contributed by atoms with van der Waals surface area (Å²) >= 11 is 5.72. The third-order valence-corrected chi connectivity index (χ3v) is 3.75. The normalized spacial score (nSPS) is 22.6. The van der Waals surface area contributed by atoms with Crippen LogP contribution in [0, 0.1) is 5.82 Å². The third kappa shape index (κ3) is 4.16. The average molecular weight is 301 g/mol. The molecular weight excluding hydrogens is 279 g/mol. The molecule has 0 radical (unpaired) electrons. The van der Waals surface area contributed by atoms with Gasteiger partial charge in [0.15, 0.2) is 0 Å². The van der Waals surface area contributed by atoms with E-state index in [-0.39, 0.29) is 23.0 Å². The number of ether oxygens (including phenoxy) is 1. The highest BCUT2D eigenvalue weighted by molar-refractivity contribution is 6.30. The van der Waals surface area contributed by atoms with Gasteiger partial charge in [-0.05, 0) is 24.1 Å². The first kappa shape index (κ1) is 15.7. The van der Waals surface area contributed by atoms with Crippen LogP contribution in [0.4, 0.5) is 4.39 Å². The first-order valence-electron chi connectivity index (χ1n) is 7.11. The maximum Gasteiger partial charge on any atom is 0.142 e. The van der Waals surface area contributed by atoms with Crippen molar-refractivity contribution in [2.75, 3.05) is 19.7 Å². The Kier molecular flexibility index (Phi) is 5.78. The molecule has 1 fully saturated rings. The topological polar surface area (TPSA) is 33.3 Å². The molecule has 2 rings (SSSR count). The summed E-state index contributed by atoms with van der Waals surface area (Å²) < 4.78 is 19.3. The lowest BCUT2D eigenvalue weighted by molar-refractivity contribution is 0.0986. The summed E-state index contributed by atoms with van der Waals surface area (Å²) in [5.41, 5.74) is 0.846. The molecule has 0 spiro atoms. The zero-order valence-electron chi connectivity index (χ0n) is 12.0. The first-order chi connectivity index (χ1) is 9.58. The molecule has 0 aromatic heterocycles. The molecule has 0 amide bonds. The lowest BCUT2D eigenvalue weighted by Gasteiger charge is -2.21. The van der Waals surface area contributed by atoms with Crippen molar-refractivity contribution in [3.8, 4) is 0 Å². The molecule has 0 saturated carbocycles. The van der Waals surface area contributed by atoms with Gasteiger partial charge in [-0.15, -0.1) is 0 Å². The molecule has 20 heavy (non-hydrogen) atoms. The van der Waals surface area contributed by atoms with Gasteiger partial charge in [0, 0.05) is 31.8 Å². The van der Waals surface area contributed by atoms with Crippen LogP contribution in [0.1, 0.15) is 31.9 Å². The fourth-order valence-electron chi connectivity index (χ4n) is 2.43. The fraction of sp³-hybridized carbons (Fsp3) is 0.600. The molecule has 1 aromatic carbocycles. The van der Waals surface area contributed by atoms with E-state index in [2.05, 4.69) is 24.5 Å². The van der Waals surface area contributed by atoms with Gasteiger partial charge in [-0.1, -0.05) is 31.5 Å². The zero-order chi connectivity index (χ0) is 14.5. The van der Waals surface area contributed by atoms with E-state index in [1.165, 1.54) is 6.07 Å². The second-order valence-corrected chi connectivity index (χ2v) is 5.83. The number of nitrogens with one attached hydrogen (secondary N) is 2. The Morgan fingerprint density at radius 3 is 2.90 bits per heavy atom. The smallest absolute Gasteiger partial charge is 0.142 e. The van der Waals surface area contributed by atoms with Gasteiger partial charge in [-0.3, -0.25) is 0 Å². The number of hydrogen-bond acceptors (Lipinski definition) is 3. The molecule has 0 bridgehead atoms. The van der Waals surface area contributed by atoms with Crippen LogP contribution in [-0.4, -0.2) is 31.8 Å². The van der Waals surface area contributed by atoms with Crippen molar-refractivity contribution in [1.82, 2.24) is 10.6 Å². The van der Waals surface area contributed by atoms with Crippen LogP contribution >= 0.6 is 11.6 Å².